The zero-order chi connectivity index (χ0) is 19.6. The number of amides is 1. The molecular formula is C18H11F2N3O3S. The van der Waals surface area contributed by atoms with Crippen molar-refractivity contribution in [1.82, 2.24) is 4.57 Å². The Hall–Kier alpha value is -3.38. The van der Waals surface area contributed by atoms with Gasteiger partial charge in [0.15, 0.2) is 10.6 Å². The number of fused-ring (bicyclic) bond motifs is 1. The molecule has 9 heteroatoms. The van der Waals surface area contributed by atoms with E-state index < -0.39 is 22.5 Å². The molecule has 3 rings (SSSR count). The average Bonchev–Trinajstić information content (AvgIpc) is 2.92. The summed E-state index contributed by atoms with van der Waals surface area (Å²) in [6.45, 7) is -0.0355. The number of rotatable bonds is 4. The van der Waals surface area contributed by atoms with E-state index in [0.29, 0.717) is 5.56 Å². The minimum atomic E-state index is -0.791. The molecule has 3 aromatic rings. The number of hydrogen-bond donors (Lipinski definition) is 0. The number of thiazole rings is 1. The molecule has 1 heterocycles. The van der Waals surface area contributed by atoms with E-state index in [9.17, 15) is 23.7 Å². The number of hydrogen-bond acceptors (Lipinski definition) is 4. The fourth-order valence-electron chi connectivity index (χ4n) is 2.51. The summed E-state index contributed by atoms with van der Waals surface area (Å²) in [5, 5.41) is 10.7. The summed E-state index contributed by atoms with van der Waals surface area (Å²) in [4.78, 5) is 26.5. The number of aromatic nitrogens is 1. The summed E-state index contributed by atoms with van der Waals surface area (Å²) in [6.07, 6.45) is 5.21. The summed E-state index contributed by atoms with van der Waals surface area (Å²) >= 11 is 0.948. The fraction of sp³-hybridized carbons (Fsp3) is 0.111. The molecule has 6 nitrogen and oxygen atoms in total. The molecule has 1 amide bonds. The van der Waals surface area contributed by atoms with E-state index in [2.05, 4.69) is 10.9 Å². The van der Waals surface area contributed by atoms with Crippen molar-refractivity contribution in [3.8, 4) is 12.3 Å². The van der Waals surface area contributed by atoms with Crippen LogP contribution in [0.25, 0.3) is 10.2 Å². The number of halogens is 2. The fourth-order valence-corrected chi connectivity index (χ4v) is 3.59. The maximum absolute atomic E-state index is 14.1. The predicted octanol–water partition coefficient (Wildman–Crippen LogP) is 3.19. The van der Waals surface area contributed by atoms with Crippen molar-refractivity contribution in [2.75, 3.05) is 0 Å². The molecule has 0 aliphatic carbocycles. The molecule has 136 valence electrons. The first-order chi connectivity index (χ1) is 12.9. The molecule has 0 spiro atoms. The zero-order valence-corrected chi connectivity index (χ0v) is 14.5. The lowest BCUT2D eigenvalue weighted by molar-refractivity contribution is -0.384. The van der Waals surface area contributed by atoms with Crippen molar-refractivity contribution in [2.45, 2.75) is 13.0 Å². The van der Waals surface area contributed by atoms with E-state index in [0.717, 1.165) is 23.5 Å². The number of carbonyl (C=O) groups excluding carboxylic acids is 1. The second-order valence-electron chi connectivity index (χ2n) is 5.52. The van der Waals surface area contributed by atoms with Gasteiger partial charge in [0.2, 0.25) is 0 Å². The number of nitro groups is 1. The minimum Gasteiger partial charge on any atom is -0.302 e. The van der Waals surface area contributed by atoms with Crippen LogP contribution in [0, 0.1) is 34.1 Å². The van der Waals surface area contributed by atoms with E-state index in [1.54, 1.807) is 0 Å². The van der Waals surface area contributed by atoms with Gasteiger partial charge in [-0.05, 0) is 11.6 Å². The van der Waals surface area contributed by atoms with Gasteiger partial charge in [0.1, 0.15) is 5.82 Å². The second-order valence-corrected chi connectivity index (χ2v) is 6.52. The van der Waals surface area contributed by atoms with E-state index in [4.69, 9.17) is 6.42 Å². The Bertz CT molecular complexity index is 1160. The van der Waals surface area contributed by atoms with Gasteiger partial charge < -0.3 is 4.57 Å². The highest BCUT2D eigenvalue weighted by atomic mass is 32.1. The summed E-state index contributed by atoms with van der Waals surface area (Å²) in [7, 11) is 0. The summed E-state index contributed by atoms with van der Waals surface area (Å²) in [5.41, 5.74) is 0.537. The second kappa shape index (κ2) is 7.47. The maximum Gasteiger partial charge on any atom is 0.269 e. The summed E-state index contributed by atoms with van der Waals surface area (Å²) in [5.74, 6) is 0.290. The van der Waals surface area contributed by atoms with Crippen molar-refractivity contribution in [1.29, 1.82) is 0 Å². The topological polar surface area (TPSA) is 77.5 Å². The van der Waals surface area contributed by atoms with E-state index >= 15 is 0 Å². The SMILES string of the molecule is C#CCn1c(=NC(=O)Cc2ccc([N+](=O)[O-])cc2)sc2cc(F)cc(F)c21. The number of non-ortho nitro benzene ring substituents is 1. The molecule has 2 aromatic carbocycles. The van der Waals surface area contributed by atoms with Crippen LogP contribution in [0.1, 0.15) is 5.56 Å². The van der Waals surface area contributed by atoms with Crippen molar-refractivity contribution in [2.24, 2.45) is 4.99 Å². The third-order valence-corrected chi connectivity index (χ3v) is 4.69. The minimum absolute atomic E-state index is 0.0355. The van der Waals surface area contributed by atoms with Crippen molar-refractivity contribution < 1.29 is 18.5 Å². The third kappa shape index (κ3) is 3.91. The van der Waals surface area contributed by atoms with Crippen LogP contribution in [0.2, 0.25) is 0 Å². The Morgan fingerprint density at radius 1 is 1.30 bits per heavy atom. The first kappa shape index (κ1) is 18.4. The van der Waals surface area contributed by atoms with Crippen molar-refractivity contribution in [3.63, 3.8) is 0 Å². The Labute approximate surface area is 155 Å². The maximum atomic E-state index is 14.1. The van der Waals surface area contributed by atoms with Gasteiger partial charge in [-0.25, -0.2) is 8.78 Å². The molecule has 0 unspecified atom stereocenters. The molecule has 0 saturated carbocycles. The van der Waals surface area contributed by atoms with E-state index in [-0.39, 0.29) is 33.7 Å². The van der Waals surface area contributed by atoms with Gasteiger partial charge >= 0.3 is 0 Å². The number of benzene rings is 2. The standard InChI is InChI=1S/C18H11F2N3O3S/c1-2-7-22-17-14(20)9-12(19)10-15(17)27-18(22)21-16(24)8-11-3-5-13(6-4-11)23(25)26/h1,3-6,9-10H,7-8H2. The quantitative estimate of drug-likeness (QED) is 0.392. The Morgan fingerprint density at radius 2 is 2.00 bits per heavy atom. The summed E-state index contributed by atoms with van der Waals surface area (Å²) < 4.78 is 29.2. The Morgan fingerprint density at radius 3 is 2.63 bits per heavy atom. The normalized spacial score (nSPS) is 11.5. The van der Waals surface area contributed by atoms with Crippen LogP contribution in [0.15, 0.2) is 41.4 Å². The molecule has 0 N–H and O–H groups in total. The molecule has 1 aromatic heterocycles. The van der Waals surface area contributed by atoms with Crippen LogP contribution in [0.5, 0.6) is 0 Å². The molecule has 0 radical (unpaired) electrons. The monoisotopic (exact) mass is 387 g/mol. The molecule has 0 fully saturated rings. The van der Waals surface area contributed by atoms with Crippen molar-refractivity contribution >= 4 is 33.1 Å². The third-order valence-electron chi connectivity index (χ3n) is 3.67. The number of nitro benzene ring substituents is 1. The number of nitrogens with zero attached hydrogens (tertiary/aromatic N) is 3. The van der Waals surface area contributed by atoms with Crippen LogP contribution in [-0.4, -0.2) is 15.4 Å². The van der Waals surface area contributed by atoms with Crippen LogP contribution in [0.3, 0.4) is 0 Å². The Balaban J connectivity index is 1.98. The van der Waals surface area contributed by atoms with Gasteiger partial charge in [0.25, 0.3) is 11.6 Å². The van der Waals surface area contributed by atoms with E-state index in [1.165, 1.54) is 28.8 Å². The van der Waals surface area contributed by atoms with Crippen LogP contribution in [-0.2, 0) is 17.8 Å². The number of terminal acetylenes is 1. The molecule has 0 aliphatic heterocycles. The lowest BCUT2D eigenvalue weighted by Crippen LogP contribution is -2.17. The smallest absolute Gasteiger partial charge is 0.269 e. The molecule has 27 heavy (non-hydrogen) atoms. The average molecular weight is 387 g/mol. The molecule has 0 aliphatic rings. The highest BCUT2D eigenvalue weighted by molar-refractivity contribution is 7.16. The van der Waals surface area contributed by atoms with Crippen LogP contribution < -0.4 is 4.80 Å². The molecular weight excluding hydrogens is 376 g/mol. The predicted molar refractivity (Wildman–Crippen MR) is 95.9 cm³/mol. The lowest BCUT2D eigenvalue weighted by atomic mass is 10.1. The lowest BCUT2D eigenvalue weighted by Gasteiger charge is -2.01. The largest absolute Gasteiger partial charge is 0.302 e. The van der Waals surface area contributed by atoms with Gasteiger partial charge in [0, 0.05) is 18.2 Å². The van der Waals surface area contributed by atoms with Gasteiger partial charge in [0.05, 0.1) is 28.1 Å². The first-order valence-corrected chi connectivity index (χ1v) is 8.43. The highest BCUT2D eigenvalue weighted by Gasteiger charge is 2.14. The number of carbonyl (C=O) groups is 1. The van der Waals surface area contributed by atoms with Gasteiger partial charge in [-0.1, -0.05) is 29.4 Å². The Kier molecular flexibility index (Phi) is 5.09. The highest BCUT2D eigenvalue weighted by Crippen LogP contribution is 2.22. The zero-order valence-electron chi connectivity index (χ0n) is 13.7. The first-order valence-electron chi connectivity index (χ1n) is 7.62. The van der Waals surface area contributed by atoms with Gasteiger partial charge in [-0.15, -0.1) is 6.42 Å². The van der Waals surface area contributed by atoms with E-state index in [1.807, 2.05) is 0 Å². The van der Waals surface area contributed by atoms with Crippen LogP contribution >= 0.6 is 11.3 Å². The van der Waals surface area contributed by atoms with Gasteiger partial charge in [-0.2, -0.15) is 4.99 Å². The molecule has 0 saturated heterocycles. The molecule has 0 bridgehead atoms. The van der Waals surface area contributed by atoms with Gasteiger partial charge in [-0.3, -0.25) is 14.9 Å². The molecule has 0 atom stereocenters. The van der Waals surface area contributed by atoms with Crippen molar-refractivity contribution in [3.05, 3.63) is 68.5 Å². The summed E-state index contributed by atoms with van der Waals surface area (Å²) in [6, 6.07) is 7.39. The van der Waals surface area contributed by atoms with Crippen LogP contribution in [0.4, 0.5) is 14.5 Å².